The van der Waals surface area contributed by atoms with Crippen molar-refractivity contribution in [2.75, 3.05) is 26.1 Å². The van der Waals surface area contributed by atoms with Crippen molar-refractivity contribution in [3.63, 3.8) is 0 Å². The molecule has 0 aliphatic rings. The van der Waals surface area contributed by atoms with Crippen LogP contribution in [0.3, 0.4) is 0 Å². The van der Waals surface area contributed by atoms with Crippen LogP contribution in [0.1, 0.15) is 10.4 Å². The van der Waals surface area contributed by atoms with E-state index in [0.717, 1.165) is 6.20 Å². The third kappa shape index (κ3) is 4.12. The van der Waals surface area contributed by atoms with Gasteiger partial charge < -0.3 is 14.2 Å². The molecule has 1 aromatic carbocycles. The second-order valence-corrected chi connectivity index (χ2v) is 6.74. The van der Waals surface area contributed by atoms with Gasteiger partial charge in [-0.3, -0.25) is 4.72 Å². The number of aromatic nitrogens is 1. The number of methoxy groups -OCH3 is 3. The fraction of sp³-hybridized carbons (Fsp3) is 0.200. The summed E-state index contributed by atoms with van der Waals surface area (Å²) < 4.78 is 42.3. The number of nitrogens with zero attached hydrogens (tertiary/aromatic N) is 1. The molecule has 1 N–H and O–H groups in total. The van der Waals surface area contributed by atoms with Gasteiger partial charge in [0.2, 0.25) is 0 Å². The Morgan fingerprint density at radius 1 is 1.12 bits per heavy atom. The van der Waals surface area contributed by atoms with Crippen LogP contribution in [0, 0.1) is 0 Å². The highest BCUT2D eigenvalue weighted by Crippen LogP contribution is 2.34. The zero-order chi connectivity index (χ0) is 18.6. The van der Waals surface area contributed by atoms with E-state index in [-0.39, 0.29) is 32.8 Å². The van der Waals surface area contributed by atoms with Gasteiger partial charge in [0, 0.05) is 18.3 Å². The molecule has 0 spiro atoms. The van der Waals surface area contributed by atoms with Crippen molar-refractivity contribution in [2.45, 2.75) is 4.90 Å². The van der Waals surface area contributed by atoms with E-state index >= 15 is 0 Å². The van der Waals surface area contributed by atoms with E-state index in [4.69, 9.17) is 21.1 Å². The number of halogens is 1. The van der Waals surface area contributed by atoms with Gasteiger partial charge >= 0.3 is 5.97 Å². The monoisotopic (exact) mass is 386 g/mol. The Morgan fingerprint density at radius 3 is 2.28 bits per heavy atom. The zero-order valence-corrected chi connectivity index (χ0v) is 15.1. The average molecular weight is 387 g/mol. The normalized spacial score (nSPS) is 10.9. The zero-order valence-electron chi connectivity index (χ0n) is 13.6. The summed E-state index contributed by atoms with van der Waals surface area (Å²) in [6.45, 7) is 0. The molecule has 2 aromatic rings. The predicted octanol–water partition coefficient (Wildman–Crippen LogP) is 2.34. The number of carbonyl (C=O) groups is 1. The van der Waals surface area contributed by atoms with E-state index in [0.29, 0.717) is 0 Å². The number of nitrogens with one attached hydrogen (secondary N) is 1. The molecule has 1 aromatic heterocycles. The number of benzene rings is 1. The second-order valence-electron chi connectivity index (χ2n) is 4.67. The topological polar surface area (TPSA) is 104 Å². The molecule has 0 atom stereocenters. The summed E-state index contributed by atoms with van der Waals surface area (Å²) in [5.74, 6) is -0.256. The molecule has 2 rings (SSSR count). The lowest BCUT2D eigenvalue weighted by Gasteiger charge is -2.15. The number of sulfonamides is 1. The van der Waals surface area contributed by atoms with Gasteiger partial charge in [-0.05, 0) is 12.1 Å². The quantitative estimate of drug-likeness (QED) is 0.600. The predicted molar refractivity (Wildman–Crippen MR) is 90.9 cm³/mol. The maximum atomic E-state index is 12.5. The number of rotatable bonds is 6. The standard InChI is InChI=1S/C15H15ClN2O6S/c1-22-12-6-10(15(19)24-3)11(7-13(12)23-2)18-25(20,21)9-4-5-14(16)17-8-9/h4-8,18H,1-3H3. The van der Waals surface area contributed by atoms with Crippen molar-refractivity contribution < 1.29 is 27.4 Å². The van der Waals surface area contributed by atoms with Gasteiger partial charge in [0.1, 0.15) is 10.0 Å². The minimum Gasteiger partial charge on any atom is -0.493 e. The maximum Gasteiger partial charge on any atom is 0.340 e. The highest BCUT2D eigenvalue weighted by Gasteiger charge is 2.22. The summed E-state index contributed by atoms with van der Waals surface area (Å²) in [6, 6.07) is 5.27. The molecule has 0 saturated carbocycles. The van der Waals surface area contributed by atoms with Crippen LogP contribution < -0.4 is 14.2 Å². The molecule has 8 nitrogen and oxygen atoms in total. The van der Waals surface area contributed by atoms with Crippen molar-refractivity contribution in [1.29, 1.82) is 0 Å². The summed E-state index contributed by atoms with van der Waals surface area (Å²) in [5, 5.41) is 0.153. The van der Waals surface area contributed by atoms with Crippen molar-refractivity contribution in [3.05, 3.63) is 41.2 Å². The van der Waals surface area contributed by atoms with Gasteiger partial charge in [-0.15, -0.1) is 0 Å². The lowest BCUT2D eigenvalue weighted by Crippen LogP contribution is -2.16. The first-order valence-electron chi connectivity index (χ1n) is 6.81. The SMILES string of the molecule is COC(=O)c1cc(OC)c(OC)cc1NS(=O)(=O)c1ccc(Cl)nc1. The molecule has 0 aliphatic carbocycles. The van der Waals surface area contributed by atoms with E-state index in [1.807, 2.05) is 0 Å². The van der Waals surface area contributed by atoms with Crippen LogP contribution in [0.5, 0.6) is 11.5 Å². The van der Waals surface area contributed by atoms with Crippen LogP contribution in [0.25, 0.3) is 0 Å². The lowest BCUT2D eigenvalue weighted by molar-refractivity contribution is 0.0601. The molecule has 0 unspecified atom stereocenters. The van der Waals surface area contributed by atoms with E-state index in [2.05, 4.69) is 14.4 Å². The number of pyridine rings is 1. The van der Waals surface area contributed by atoms with Crippen molar-refractivity contribution >= 4 is 33.3 Å². The summed E-state index contributed by atoms with van der Waals surface area (Å²) in [4.78, 5) is 15.6. The maximum absolute atomic E-state index is 12.5. The van der Waals surface area contributed by atoms with Gasteiger partial charge in [0.15, 0.2) is 11.5 Å². The third-order valence-corrected chi connectivity index (χ3v) is 4.76. The molecule has 0 fully saturated rings. The van der Waals surface area contributed by atoms with Crippen LogP contribution in [0.4, 0.5) is 5.69 Å². The molecule has 0 saturated heterocycles. The largest absolute Gasteiger partial charge is 0.493 e. The van der Waals surface area contributed by atoms with Crippen molar-refractivity contribution in [2.24, 2.45) is 0 Å². The minimum atomic E-state index is -4.01. The highest BCUT2D eigenvalue weighted by atomic mass is 35.5. The third-order valence-electron chi connectivity index (χ3n) is 3.18. The molecule has 10 heteroatoms. The lowest BCUT2D eigenvalue weighted by atomic mass is 10.1. The first-order chi connectivity index (χ1) is 11.8. The minimum absolute atomic E-state index is 0.0283. The van der Waals surface area contributed by atoms with Gasteiger partial charge in [-0.25, -0.2) is 18.2 Å². The molecular formula is C15H15ClN2O6S. The van der Waals surface area contributed by atoms with Crippen LogP contribution in [0.2, 0.25) is 5.15 Å². The summed E-state index contributed by atoms with van der Waals surface area (Å²) in [5.41, 5.74) is -0.0647. The Morgan fingerprint density at radius 2 is 1.76 bits per heavy atom. The van der Waals surface area contributed by atoms with Crippen LogP contribution in [-0.2, 0) is 14.8 Å². The van der Waals surface area contributed by atoms with Crippen LogP contribution >= 0.6 is 11.6 Å². The smallest absolute Gasteiger partial charge is 0.340 e. The van der Waals surface area contributed by atoms with Crippen molar-refractivity contribution in [3.8, 4) is 11.5 Å². The van der Waals surface area contributed by atoms with E-state index in [1.54, 1.807) is 0 Å². The van der Waals surface area contributed by atoms with Gasteiger partial charge in [0.25, 0.3) is 10.0 Å². The first kappa shape index (κ1) is 18.8. The summed E-state index contributed by atoms with van der Waals surface area (Å²) >= 11 is 5.66. The molecule has 0 aliphatic heterocycles. The number of ether oxygens (including phenoxy) is 3. The van der Waals surface area contributed by atoms with Gasteiger partial charge in [-0.2, -0.15) is 0 Å². The fourth-order valence-corrected chi connectivity index (χ4v) is 3.09. The molecule has 0 radical (unpaired) electrons. The summed E-state index contributed by atoms with van der Waals surface area (Å²) in [6.07, 6.45) is 1.10. The van der Waals surface area contributed by atoms with E-state index < -0.39 is 16.0 Å². The van der Waals surface area contributed by atoms with Crippen LogP contribution in [0.15, 0.2) is 35.4 Å². The Labute approximate surface area is 149 Å². The molecule has 25 heavy (non-hydrogen) atoms. The van der Waals surface area contributed by atoms with Crippen molar-refractivity contribution in [1.82, 2.24) is 4.98 Å². The van der Waals surface area contributed by atoms with E-state index in [1.165, 1.54) is 45.6 Å². The number of anilines is 1. The average Bonchev–Trinajstić information content (AvgIpc) is 2.60. The molecule has 0 amide bonds. The van der Waals surface area contributed by atoms with E-state index in [9.17, 15) is 13.2 Å². The Bertz CT molecular complexity index is 884. The molecular weight excluding hydrogens is 372 g/mol. The number of hydrogen-bond donors (Lipinski definition) is 1. The summed E-state index contributed by atoms with van der Waals surface area (Å²) in [7, 11) is -0.0562. The van der Waals surface area contributed by atoms with Gasteiger partial charge in [0.05, 0.1) is 32.6 Å². The van der Waals surface area contributed by atoms with Crippen LogP contribution in [-0.4, -0.2) is 40.7 Å². The molecule has 134 valence electrons. The molecule has 0 bridgehead atoms. The Hall–Kier alpha value is -2.52. The number of esters is 1. The molecule has 1 heterocycles. The number of carbonyl (C=O) groups excluding carboxylic acids is 1. The Kier molecular flexibility index (Phi) is 5.70. The second kappa shape index (κ2) is 7.58. The van der Waals surface area contributed by atoms with Gasteiger partial charge in [-0.1, -0.05) is 11.6 Å². The first-order valence-corrected chi connectivity index (χ1v) is 8.67. The number of hydrogen-bond acceptors (Lipinski definition) is 7. The Balaban J connectivity index is 2.53. The fourth-order valence-electron chi connectivity index (χ4n) is 1.97. The highest BCUT2D eigenvalue weighted by molar-refractivity contribution is 7.92.